The van der Waals surface area contributed by atoms with E-state index in [4.69, 9.17) is 4.74 Å². The zero-order chi connectivity index (χ0) is 16.1. The number of rotatable bonds is 5. The molecule has 2 aromatic carbocycles. The van der Waals surface area contributed by atoms with Gasteiger partial charge in [-0.3, -0.25) is 4.79 Å². The Morgan fingerprint density at radius 1 is 1.09 bits per heavy atom. The number of hydrogen-bond donors (Lipinski definition) is 3. The zero-order valence-electron chi connectivity index (χ0n) is 12.0. The van der Waals surface area contributed by atoms with E-state index < -0.39 is 17.3 Å². The molecule has 0 bridgehead atoms. The molecule has 3 N–H and O–H groups in total. The van der Waals surface area contributed by atoms with Crippen molar-refractivity contribution in [2.45, 2.75) is 6.92 Å². The van der Waals surface area contributed by atoms with Crippen molar-refractivity contribution in [3.05, 3.63) is 53.6 Å². The summed E-state index contributed by atoms with van der Waals surface area (Å²) in [6.45, 7) is 2.47. The Labute approximate surface area is 127 Å². The number of allylic oxidation sites excluding steroid dienone is 1. The first-order chi connectivity index (χ1) is 10.5. The molecule has 2 rings (SSSR count). The van der Waals surface area contributed by atoms with Gasteiger partial charge >= 0.3 is 0 Å². The monoisotopic (exact) mass is 300 g/mol. The van der Waals surface area contributed by atoms with Crippen LogP contribution in [0, 0.1) is 0 Å². The zero-order valence-corrected chi connectivity index (χ0v) is 12.0. The Kier molecular flexibility index (Phi) is 4.68. The maximum Gasteiger partial charge on any atom is 0.193 e. The fourth-order valence-corrected chi connectivity index (χ4v) is 1.95. The molecule has 5 nitrogen and oxygen atoms in total. The molecule has 0 unspecified atom stereocenters. The van der Waals surface area contributed by atoms with E-state index in [1.807, 2.05) is 6.92 Å². The Morgan fingerprint density at radius 2 is 1.68 bits per heavy atom. The molecule has 0 aliphatic rings. The summed E-state index contributed by atoms with van der Waals surface area (Å²) in [5.41, 5.74) is 0.523. The third-order valence-electron chi connectivity index (χ3n) is 2.95. The van der Waals surface area contributed by atoms with E-state index in [0.717, 1.165) is 23.4 Å². The summed E-state index contributed by atoms with van der Waals surface area (Å²) in [5, 5.41) is 28.5. The number of ketones is 1. The lowest BCUT2D eigenvalue weighted by molar-refractivity contribution is 0.104. The molecule has 0 aliphatic carbocycles. The van der Waals surface area contributed by atoms with Crippen LogP contribution in [0.3, 0.4) is 0 Å². The number of phenols is 3. The SMILES string of the molecule is CCOc1ccc(/C=C/C(=O)c2c(O)cc(O)cc2O)cc1. The Bertz CT molecular complexity index is 678. The second-order valence-electron chi connectivity index (χ2n) is 4.56. The van der Waals surface area contributed by atoms with Gasteiger partial charge in [-0.05, 0) is 30.7 Å². The average molecular weight is 300 g/mol. The molecule has 2 aromatic rings. The van der Waals surface area contributed by atoms with Gasteiger partial charge in [0.15, 0.2) is 5.78 Å². The van der Waals surface area contributed by atoms with Gasteiger partial charge in [0.25, 0.3) is 0 Å². The smallest absolute Gasteiger partial charge is 0.193 e. The molecule has 0 atom stereocenters. The molecule has 0 aliphatic heterocycles. The fourth-order valence-electron chi connectivity index (χ4n) is 1.95. The molecule has 5 heteroatoms. The van der Waals surface area contributed by atoms with Crippen LogP contribution in [0.15, 0.2) is 42.5 Å². The largest absolute Gasteiger partial charge is 0.508 e. The highest BCUT2D eigenvalue weighted by atomic mass is 16.5. The van der Waals surface area contributed by atoms with Crippen molar-refractivity contribution in [1.82, 2.24) is 0 Å². The normalized spacial score (nSPS) is 10.8. The van der Waals surface area contributed by atoms with Crippen molar-refractivity contribution in [3.8, 4) is 23.0 Å². The fraction of sp³-hybridized carbons (Fsp3) is 0.118. The third kappa shape index (κ3) is 3.58. The lowest BCUT2D eigenvalue weighted by Gasteiger charge is -2.05. The Balaban J connectivity index is 2.18. The predicted octanol–water partition coefficient (Wildman–Crippen LogP) is 3.10. The molecule has 0 heterocycles. The lowest BCUT2D eigenvalue weighted by Crippen LogP contribution is -1.95. The summed E-state index contributed by atoms with van der Waals surface area (Å²) in [4.78, 5) is 12.0. The summed E-state index contributed by atoms with van der Waals surface area (Å²) in [7, 11) is 0. The molecule has 0 aromatic heterocycles. The van der Waals surface area contributed by atoms with Crippen molar-refractivity contribution in [2.24, 2.45) is 0 Å². The van der Waals surface area contributed by atoms with Crippen LogP contribution in [-0.4, -0.2) is 27.7 Å². The van der Waals surface area contributed by atoms with Crippen molar-refractivity contribution in [1.29, 1.82) is 0 Å². The lowest BCUT2D eigenvalue weighted by atomic mass is 10.1. The predicted molar refractivity (Wildman–Crippen MR) is 82.4 cm³/mol. The van der Waals surface area contributed by atoms with E-state index in [-0.39, 0.29) is 11.3 Å². The van der Waals surface area contributed by atoms with Gasteiger partial charge in [0.2, 0.25) is 0 Å². The van der Waals surface area contributed by atoms with Crippen LogP contribution in [-0.2, 0) is 0 Å². The van der Waals surface area contributed by atoms with Crippen molar-refractivity contribution in [2.75, 3.05) is 6.61 Å². The quantitative estimate of drug-likeness (QED) is 0.583. The topological polar surface area (TPSA) is 87.0 Å². The highest BCUT2D eigenvalue weighted by molar-refractivity contribution is 6.10. The highest BCUT2D eigenvalue weighted by Gasteiger charge is 2.15. The summed E-state index contributed by atoms with van der Waals surface area (Å²) in [6, 6.07) is 9.12. The van der Waals surface area contributed by atoms with E-state index >= 15 is 0 Å². The van der Waals surface area contributed by atoms with Gasteiger partial charge < -0.3 is 20.1 Å². The third-order valence-corrected chi connectivity index (χ3v) is 2.95. The number of carbonyl (C=O) groups excluding carboxylic acids is 1. The van der Waals surface area contributed by atoms with Crippen molar-refractivity contribution < 1.29 is 24.9 Å². The van der Waals surface area contributed by atoms with Gasteiger partial charge in [0.1, 0.15) is 28.6 Å². The maximum atomic E-state index is 12.0. The second kappa shape index (κ2) is 6.67. The van der Waals surface area contributed by atoms with Crippen LogP contribution in [0.2, 0.25) is 0 Å². The first-order valence-corrected chi connectivity index (χ1v) is 6.71. The van der Waals surface area contributed by atoms with Crippen LogP contribution in [0.25, 0.3) is 6.08 Å². The molecule has 0 saturated carbocycles. The average Bonchev–Trinajstić information content (AvgIpc) is 2.46. The van der Waals surface area contributed by atoms with Gasteiger partial charge in [0, 0.05) is 12.1 Å². The number of benzene rings is 2. The molecular formula is C17H16O5. The standard InChI is InChI=1S/C17H16O5/c1-2-22-13-6-3-11(4-7-13)5-8-14(19)17-15(20)9-12(18)10-16(17)21/h3-10,18,20-21H,2H2,1H3/b8-5+. The molecule has 22 heavy (non-hydrogen) atoms. The van der Waals surface area contributed by atoms with E-state index in [1.54, 1.807) is 30.3 Å². The second-order valence-corrected chi connectivity index (χ2v) is 4.56. The number of ether oxygens (including phenoxy) is 1. The maximum absolute atomic E-state index is 12.0. The first-order valence-electron chi connectivity index (χ1n) is 6.71. The van der Waals surface area contributed by atoms with Crippen LogP contribution in [0.1, 0.15) is 22.8 Å². The molecule has 114 valence electrons. The number of aromatic hydroxyl groups is 3. The van der Waals surface area contributed by atoms with Crippen molar-refractivity contribution in [3.63, 3.8) is 0 Å². The van der Waals surface area contributed by atoms with Crippen LogP contribution in [0.4, 0.5) is 0 Å². The van der Waals surface area contributed by atoms with Crippen LogP contribution >= 0.6 is 0 Å². The Hall–Kier alpha value is -2.95. The van der Waals surface area contributed by atoms with Gasteiger partial charge in [-0.1, -0.05) is 18.2 Å². The van der Waals surface area contributed by atoms with E-state index in [0.29, 0.717) is 6.61 Å². The van der Waals surface area contributed by atoms with Gasteiger partial charge in [0.05, 0.1) is 6.61 Å². The number of carbonyl (C=O) groups is 1. The summed E-state index contributed by atoms with van der Waals surface area (Å²) in [6.07, 6.45) is 2.80. The Morgan fingerprint density at radius 3 is 2.23 bits per heavy atom. The first kappa shape index (κ1) is 15.4. The molecular weight excluding hydrogens is 284 g/mol. The van der Waals surface area contributed by atoms with Crippen LogP contribution < -0.4 is 4.74 Å². The minimum absolute atomic E-state index is 0.250. The van der Waals surface area contributed by atoms with E-state index in [2.05, 4.69) is 0 Å². The van der Waals surface area contributed by atoms with E-state index in [9.17, 15) is 20.1 Å². The summed E-state index contributed by atoms with van der Waals surface area (Å²) >= 11 is 0. The molecule has 0 spiro atoms. The highest BCUT2D eigenvalue weighted by Crippen LogP contribution is 2.32. The summed E-state index contributed by atoms with van der Waals surface area (Å²) < 4.78 is 5.32. The van der Waals surface area contributed by atoms with Gasteiger partial charge in [-0.15, -0.1) is 0 Å². The van der Waals surface area contributed by atoms with Gasteiger partial charge in [-0.25, -0.2) is 0 Å². The van der Waals surface area contributed by atoms with Crippen LogP contribution in [0.5, 0.6) is 23.0 Å². The molecule has 0 amide bonds. The number of phenolic OH excluding ortho intramolecular Hbond substituents is 3. The minimum atomic E-state index is -0.566. The summed E-state index contributed by atoms with van der Waals surface area (Å²) in [5.74, 6) is -1.09. The molecule has 0 fully saturated rings. The number of hydrogen-bond acceptors (Lipinski definition) is 5. The molecule has 0 radical (unpaired) electrons. The molecule has 0 saturated heterocycles. The minimum Gasteiger partial charge on any atom is -0.508 e. The van der Waals surface area contributed by atoms with Crippen molar-refractivity contribution >= 4 is 11.9 Å². The van der Waals surface area contributed by atoms with Gasteiger partial charge in [-0.2, -0.15) is 0 Å². The van der Waals surface area contributed by atoms with E-state index in [1.165, 1.54) is 6.08 Å².